The molecule has 0 aliphatic heterocycles. The molecule has 0 radical (unpaired) electrons. The lowest BCUT2D eigenvalue weighted by molar-refractivity contribution is -0.536. The van der Waals surface area contributed by atoms with E-state index < -0.39 is 17.1 Å². The van der Waals surface area contributed by atoms with Crippen LogP contribution in [0.1, 0.15) is 25.0 Å². The lowest BCUT2D eigenvalue weighted by atomic mass is 10.00. The van der Waals surface area contributed by atoms with Gasteiger partial charge < -0.3 is 14.6 Å². The molecule has 0 heterocycles. The number of aliphatic hydroxyl groups is 1. The van der Waals surface area contributed by atoms with Crippen molar-refractivity contribution in [3.8, 4) is 11.5 Å². The zero-order valence-electron chi connectivity index (χ0n) is 10.6. The van der Waals surface area contributed by atoms with Gasteiger partial charge in [0.2, 0.25) is 6.04 Å². The first-order chi connectivity index (χ1) is 8.54. The number of aliphatic hydroxyl groups excluding tert-OH is 1. The van der Waals surface area contributed by atoms with Gasteiger partial charge in [0.25, 0.3) is 0 Å². The third-order valence-electron chi connectivity index (χ3n) is 2.81. The monoisotopic (exact) mass is 255 g/mol. The fourth-order valence-electron chi connectivity index (χ4n) is 1.76. The first kappa shape index (κ1) is 14.2. The Morgan fingerprint density at radius 3 is 2.50 bits per heavy atom. The van der Waals surface area contributed by atoms with E-state index in [0.29, 0.717) is 17.1 Å². The van der Waals surface area contributed by atoms with Gasteiger partial charge in [0, 0.05) is 23.0 Å². The molecule has 0 saturated carbocycles. The van der Waals surface area contributed by atoms with E-state index in [4.69, 9.17) is 9.47 Å². The molecule has 1 rings (SSSR count). The van der Waals surface area contributed by atoms with E-state index in [1.54, 1.807) is 25.1 Å². The van der Waals surface area contributed by atoms with E-state index in [1.807, 2.05) is 0 Å². The van der Waals surface area contributed by atoms with E-state index in [2.05, 4.69) is 0 Å². The Hall–Kier alpha value is -1.82. The van der Waals surface area contributed by atoms with Crippen LogP contribution in [0.5, 0.6) is 11.5 Å². The summed E-state index contributed by atoms with van der Waals surface area (Å²) >= 11 is 0. The van der Waals surface area contributed by atoms with Crippen LogP contribution >= 0.6 is 0 Å². The molecule has 0 saturated heterocycles. The van der Waals surface area contributed by atoms with Crippen LogP contribution in [-0.2, 0) is 0 Å². The van der Waals surface area contributed by atoms with Gasteiger partial charge in [0.05, 0.1) is 14.2 Å². The molecule has 1 aromatic rings. The van der Waals surface area contributed by atoms with E-state index in [-0.39, 0.29) is 6.42 Å². The second kappa shape index (κ2) is 6.20. The van der Waals surface area contributed by atoms with E-state index >= 15 is 0 Å². The lowest BCUT2D eigenvalue weighted by Crippen LogP contribution is -2.27. The summed E-state index contributed by atoms with van der Waals surface area (Å²) in [4.78, 5) is 10.4. The summed E-state index contributed by atoms with van der Waals surface area (Å²) in [5.74, 6) is 0.944. The number of rotatable bonds is 6. The first-order valence-electron chi connectivity index (χ1n) is 5.58. The maximum atomic E-state index is 10.8. The molecule has 0 fully saturated rings. The van der Waals surface area contributed by atoms with E-state index in [1.165, 1.54) is 14.2 Å². The number of hydrogen-bond donors (Lipinski definition) is 1. The maximum Gasteiger partial charge on any atom is 0.242 e. The van der Waals surface area contributed by atoms with Crippen molar-refractivity contribution in [3.63, 3.8) is 0 Å². The summed E-state index contributed by atoms with van der Waals surface area (Å²) in [5.41, 5.74) is 0.391. The third kappa shape index (κ3) is 2.89. The van der Waals surface area contributed by atoms with Gasteiger partial charge in [-0.2, -0.15) is 0 Å². The van der Waals surface area contributed by atoms with Crippen molar-refractivity contribution < 1.29 is 19.5 Å². The molecule has 0 aliphatic rings. The van der Waals surface area contributed by atoms with Crippen molar-refractivity contribution in [1.29, 1.82) is 0 Å². The standard InChI is InChI=1S/C12H17NO5/c1-4-10(13(15)16)12(14)9-6-5-8(17-2)7-11(9)18-3/h5-7,10,12,14H,4H2,1-3H3/t10-,12-/m0/s1. The number of hydrogen-bond acceptors (Lipinski definition) is 5. The Labute approximate surface area is 105 Å². The fraction of sp³-hybridized carbons (Fsp3) is 0.500. The highest BCUT2D eigenvalue weighted by molar-refractivity contribution is 5.42. The third-order valence-corrected chi connectivity index (χ3v) is 2.81. The van der Waals surface area contributed by atoms with Crippen LogP contribution in [-0.4, -0.2) is 30.3 Å². The Kier molecular flexibility index (Phi) is 4.91. The summed E-state index contributed by atoms with van der Waals surface area (Å²) in [5, 5.41) is 20.9. The van der Waals surface area contributed by atoms with Gasteiger partial charge >= 0.3 is 0 Å². The van der Waals surface area contributed by atoms with Crippen LogP contribution in [0.15, 0.2) is 18.2 Å². The number of benzene rings is 1. The highest BCUT2D eigenvalue weighted by Gasteiger charge is 2.31. The van der Waals surface area contributed by atoms with Crippen molar-refractivity contribution in [1.82, 2.24) is 0 Å². The van der Waals surface area contributed by atoms with Crippen LogP contribution in [0.2, 0.25) is 0 Å². The van der Waals surface area contributed by atoms with Gasteiger partial charge in [-0.3, -0.25) is 10.1 Å². The van der Waals surface area contributed by atoms with Crippen molar-refractivity contribution >= 4 is 0 Å². The van der Waals surface area contributed by atoms with Gasteiger partial charge in [0.15, 0.2) is 0 Å². The molecule has 100 valence electrons. The van der Waals surface area contributed by atoms with Gasteiger partial charge in [-0.25, -0.2) is 0 Å². The molecule has 0 unspecified atom stereocenters. The van der Waals surface area contributed by atoms with Gasteiger partial charge in [-0.15, -0.1) is 0 Å². The highest BCUT2D eigenvalue weighted by Crippen LogP contribution is 2.32. The topological polar surface area (TPSA) is 81.8 Å². The molecule has 0 spiro atoms. The molecule has 0 aliphatic carbocycles. The Bertz CT molecular complexity index is 421. The Morgan fingerprint density at radius 1 is 1.39 bits per heavy atom. The molecule has 1 N–H and O–H groups in total. The van der Waals surface area contributed by atoms with Crippen molar-refractivity contribution in [2.75, 3.05) is 14.2 Å². The Balaban J connectivity index is 3.11. The second-order valence-electron chi connectivity index (χ2n) is 3.81. The fourth-order valence-corrected chi connectivity index (χ4v) is 1.76. The summed E-state index contributed by atoms with van der Waals surface area (Å²) in [6.07, 6.45) is -0.963. The molecule has 6 heteroatoms. The minimum absolute atomic E-state index is 0.239. The van der Waals surface area contributed by atoms with Crippen LogP contribution in [0.25, 0.3) is 0 Å². The molecular weight excluding hydrogens is 238 g/mol. The summed E-state index contributed by atoms with van der Waals surface area (Å²) < 4.78 is 10.2. The molecule has 0 amide bonds. The number of ether oxygens (including phenoxy) is 2. The predicted molar refractivity (Wildman–Crippen MR) is 65.6 cm³/mol. The van der Waals surface area contributed by atoms with Gasteiger partial charge in [0.1, 0.15) is 17.6 Å². The number of nitro groups is 1. The zero-order chi connectivity index (χ0) is 13.7. The second-order valence-corrected chi connectivity index (χ2v) is 3.81. The Morgan fingerprint density at radius 2 is 2.06 bits per heavy atom. The summed E-state index contributed by atoms with van der Waals surface area (Å²) in [6, 6.07) is 3.75. The SMILES string of the molecule is CC[C@@H]([C@@H](O)c1ccc(OC)cc1OC)[N+](=O)[O-]. The van der Waals surface area contributed by atoms with Gasteiger partial charge in [-0.05, 0) is 12.1 Å². The molecule has 6 nitrogen and oxygen atoms in total. The quantitative estimate of drug-likeness (QED) is 0.619. The van der Waals surface area contributed by atoms with Crippen molar-refractivity contribution in [2.24, 2.45) is 0 Å². The van der Waals surface area contributed by atoms with E-state index in [9.17, 15) is 15.2 Å². The highest BCUT2D eigenvalue weighted by atomic mass is 16.6. The normalized spacial score (nSPS) is 13.8. The minimum atomic E-state index is -1.20. The summed E-state index contributed by atoms with van der Waals surface area (Å²) in [6.45, 7) is 1.66. The number of nitrogens with zero attached hydrogens (tertiary/aromatic N) is 1. The molecule has 2 atom stereocenters. The average Bonchev–Trinajstić information content (AvgIpc) is 2.38. The molecule has 0 bridgehead atoms. The average molecular weight is 255 g/mol. The van der Waals surface area contributed by atoms with Crippen LogP contribution in [0.3, 0.4) is 0 Å². The predicted octanol–water partition coefficient (Wildman–Crippen LogP) is 1.79. The molecule has 1 aromatic carbocycles. The molecule has 18 heavy (non-hydrogen) atoms. The van der Waals surface area contributed by atoms with Crippen LogP contribution in [0, 0.1) is 10.1 Å². The number of methoxy groups -OCH3 is 2. The van der Waals surface area contributed by atoms with Crippen molar-refractivity contribution in [2.45, 2.75) is 25.5 Å². The van der Waals surface area contributed by atoms with E-state index in [0.717, 1.165) is 0 Å². The largest absolute Gasteiger partial charge is 0.497 e. The lowest BCUT2D eigenvalue weighted by Gasteiger charge is -2.18. The van der Waals surface area contributed by atoms with Gasteiger partial charge in [-0.1, -0.05) is 6.92 Å². The molecular formula is C12H17NO5. The first-order valence-corrected chi connectivity index (χ1v) is 5.58. The molecule has 0 aromatic heterocycles. The minimum Gasteiger partial charge on any atom is -0.497 e. The van der Waals surface area contributed by atoms with Crippen LogP contribution < -0.4 is 9.47 Å². The maximum absolute atomic E-state index is 10.8. The van der Waals surface area contributed by atoms with Crippen molar-refractivity contribution in [3.05, 3.63) is 33.9 Å². The van der Waals surface area contributed by atoms with Crippen LogP contribution in [0.4, 0.5) is 0 Å². The smallest absolute Gasteiger partial charge is 0.242 e. The summed E-state index contributed by atoms with van der Waals surface area (Å²) in [7, 11) is 2.95. The zero-order valence-corrected chi connectivity index (χ0v) is 10.6.